The Labute approximate surface area is 128 Å². The average Bonchev–Trinajstić information content (AvgIpc) is 2.46. The van der Waals surface area contributed by atoms with Crippen LogP contribution >= 0.6 is 0 Å². The lowest BCUT2D eigenvalue weighted by atomic mass is 10.00. The predicted octanol–water partition coefficient (Wildman–Crippen LogP) is 4.04. The van der Waals surface area contributed by atoms with E-state index in [1.54, 1.807) is 13.8 Å². The van der Waals surface area contributed by atoms with Crippen molar-refractivity contribution in [3.63, 3.8) is 0 Å². The fraction of sp³-hybridized carbons (Fsp3) is 0.765. The van der Waals surface area contributed by atoms with Gasteiger partial charge in [-0.05, 0) is 33.1 Å². The van der Waals surface area contributed by atoms with Crippen molar-refractivity contribution in [2.24, 2.45) is 5.92 Å². The summed E-state index contributed by atoms with van der Waals surface area (Å²) in [6.45, 7) is 7.76. The SMILES string of the molecule is C=CCCCCCCCCC(C(=O)OCC)C(=O)OCC. The van der Waals surface area contributed by atoms with Crippen LogP contribution in [0.3, 0.4) is 0 Å². The largest absolute Gasteiger partial charge is 0.465 e. The number of allylic oxidation sites excluding steroid dienone is 1. The van der Waals surface area contributed by atoms with Crippen LogP contribution in [-0.4, -0.2) is 25.2 Å². The van der Waals surface area contributed by atoms with E-state index in [4.69, 9.17) is 9.47 Å². The van der Waals surface area contributed by atoms with Gasteiger partial charge in [0.2, 0.25) is 0 Å². The third-order valence-corrected chi connectivity index (χ3v) is 3.29. The van der Waals surface area contributed by atoms with Gasteiger partial charge in [0, 0.05) is 0 Å². The first kappa shape index (κ1) is 19.7. The molecular weight excluding hydrogens is 268 g/mol. The minimum atomic E-state index is -0.759. The molecule has 0 fully saturated rings. The topological polar surface area (TPSA) is 52.6 Å². The summed E-state index contributed by atoms with van der Waals surface area (Å²) < 4.78 is 9.89. The Balaban J connectivity index is 3.93. The van der Waals surface area contributed by atoms with Crippen molar-refractivity contribution < 1.29 is 19.1 Å². The lowest BCUT2D eigenvalue weighted by Gasteiger charge is -2.14. The highest BCUT2D eigenvalue weighted by Gasteiger charge is 2.28. The van der Waals surface area contributed by atoms with Crippen LogP contribution in [0.4, 0.5) is 0 Å². The molecule has 0 spiro atoms. The molecule has 0 heterocycles. The number of hydrogen-bond donors (Lipinski definition) is 0. The van der Waals surface area contributed by atoms with Gasteiger partial charge in [0.25, 0.3) is 0 Å². The number of rotatable bonds is 13. The van der Waals surface area contributed by atoms with Crippen LogP contribution in [0.5, 0.6) is 0 Å². The minimum Gasteiger partial charge on any atom is -0.465 e. The molecule has 0 unspecified atom stereocenters. The summed E-state index contributed by atoms with van der Waals surface area (Å²) in [5.41, 5.74) is 0. The van der Waals surface area contributed by atoms with Crippen LogP contribution in [0.1, 0.15) is 65.2 Å². The van der Waals surface area contributed by atoms with E-state index in [2.05, 4.69) is 6.58 Å². The molecule has 0 aromatic heterocycles. The molecule has 122 valence electrons. The van der Waals surface area contributed by atoms with Crippen molar-refractivity contribution in [1.82, 2.24) is 0 Å². The maximum atomic E-state index is 11.8. The molecule has 21 heavy (non-hydrogen) atoms. The van der Waals surface area contributed by atoms with Gasteiger partial charge in [-0.15, -0.1) is 6.58 Å². The fourth-order valence-corrected chi connectivity index (χ4v) is 2.16. The van der Waals surface area contributed by atoms with Crippen LogP contribution in [-0.2, 0) is 19.1 Å². The molecule has 0 aliphatic carbocycles. The molecule has 0 atom stereocenters. The molecule has 0 N–H and O–H groups in total. The van der Waals surface area contributed by atoms with Gasteiger partial charge in [-0.3, -0.25) is 9.59 Å². The Morgan fingerprint density at radius 1 is 0.905 bits per heavy atom. The van der Waals surface area contributed by atoms with Gasteiger partial charge in [0.05, 0.1) is 13.2 Å². The van der Waals surface area contributed by atoms with Crippen molar-refractivity contribution in [1.29, 1.82) is 0 Å². The zero-order chi connectivity index (χ0) is 15.9. The molecule has 0 bridgehead atoms. The van der Waals surface area contributed by atoms with Crippen LogP contribution in [0.15, 0.2) is 12.7 Å². The van der Waals surface area contributed by atoms with E-state index < -0.39 is 17.9 Å². The Kier molecular flexibility index (Phi) is 12.8. The third-order valence-electron chi connectivity index (χ3n) is 3.29. The predicted molar refractivity (Wildman–Crippen MR) is 83.9 cm³/mol. The van der Waals surface area contributed by atoms with E-state index in [0.29, 0.717) is 6.42 Å². The first-order valence-electron chi connectivity index (χ1n) is 8.11. The van der Waals surface area contributed by atoms with E-state index >= 15 is 0 Å². The fourth-order valence-electron chi connectivity index (χ4n) is 2.16. The van der Waals surface area contributed by atoms with Gasteiger partial charge >= 0.3 is 11.9 Å². The lowest BCUT2D eigenvalue weighted by Crippen LogP contribution is -2.28. The smallest absolute Gasteiger partial charge is 0.320 e. The molecule has 0 aromatic rings. The molecule has 0 aliphatic rings. The molecule has 0 aliphatic heterocycles. The molecule has 4 heteroatoms. The normalized spacial score (nSPS) is 10.4. The Hall–Kier alpha value is -1.32. The van der Waals surface area contributed by atoms with Gasteiger partial charge in [0.1, 0.15) is 0 Å². The quantitative estimate of drug-likeness (QED) is 0.223. The van der Waals surface area contributed by atoms with Crippen molar-refractivity contribution in [3.05, 3.63) is 12.7 Å². The van der Waals surface area contributed by atoms with Crippen molar-refractivity contribution in [2.45, 2.75) is 65.2 Å². The zero-order valence-electron chi connectivity index (χ0n) is 13.6. The standard InChI is InChI=1S/C17H30O4/c1-4-7-8-9-10-11-12-13-14-15(16(18)20-5-2)17(19)21-6-3/h4,15H,1,5-14H2,2-3H3. The van der Waals surface area contributed by atoms with Crippen LogP contribution in [0.25, 0.3) is 0 Å². The van der Waals surface area contributed by atoms with Gasteiger partial charge in [-0.2, -0.15) is 0 Å². The van der Waals surface area contributed by atoms with Crippen molar-refractivity contribution in [3.8, 4) is 0 Å². The average molecular weight is 298 g/mol. The number of hydrogen-bond acceptors (Lipinski definition) is 4. The summed E-state index contributed by atoms with van der Waals surface area (Å²) in [7, 11) is 0. The highest BCUT2D eigenvalue weighted by Crippen LogP contribution is 2.16. The highest BCUT2D eigenvalue weighted by molar-refractivity contribution is 5.94. The number of carbonyl (C=O) groups is 2. The van der Waals surface area contributed by atoms with E-state index in [0.717, 1.165) is 25.7 Å². The lowest BCUT2D eigenvalue weighted by molar-refractivity contribution is -0.161. The van der Waals surface area contributed by atoms with E-state index in [-0.39, 0.29) is 13.2 Å². The second-order valence-corrected chi connectivity index (χ2v) is 5.04. The summed E-state index contributed by atoms with van der Waals surface area (Å²) in [5, 5.41) is 0. The molecule has 4 nitrogen and oxygen atoms in total. The highest BCUT2D eigenvalue weighted by atomic mass is 16.6. The maximum Gasteiger partial charge on any atom is 0.320 e. The number of carbonyl (C=O) groups excluding carboxylic acids is 2. The molecule has 0 rings (SSSR count). The monoisotopic (exact) mass is 298 g/mol. The zero-order valence-corrected chi connectivity index (χ0v) is 13.6. The minimum absolute atomic E-state index is 0.290. The van der Waals surface area contributed by atoms with Gasteiger partial charge in [0.15, 0.2) is 5.92 Å². The van der Waals surface area contributed by atoms with E-state index in [1.165, 1.54) is 19.3 Å². The molecule has 0 saturated carbocycles. The molecule has 0 amide bonds. The summed E-state index contributed by atoms with van der Waals surface area (Å²) in [6.07, 6.45) is 10.2. The van der Waals surface area contributed by atoms with Gasteiger partial charge in [-0.25, -0.2) is 0 Å². The van der Waals surface area contributed by atoms with E-state index in [1.807, 2.05) is 6.08 Å². The Bertz CT molecular complexity index is 281. The van der Waals surface area contributed by atoms with Gasteiger partial charge < -0.3 is 9.47 Å². The van der Waals surface area contributed by atoms with Crippen molar-refractivity contribution >= 4 is 11.9 Å². The number of ether oxygens (including phenoxy) is 2. The Morgan fingerprint density at radius 3 is 1.86 bits per heavy atom. The summed E-state index contributed by atoms with van der Waals surface area (Å²) in [6, 6.07) is 0. The molecule has 0 saturated heterocycles. The van der Waals surface area contributed by atoms with Crippen molar-refractivity contribution in [2.75, 3.05) is 13.2 Å². The second-order valence-electron chi connectivity index (χ2n) is 5.04. The summed E-state index contributed by atoms with van der Waals surface area (Å²) in [4.78, 5) is 23.5. The maximum absolute atomic E-state index is 11.8. The summed E-state index contributed by atoms with van der Waals surface area (Å²) >= 11 is 0. The molecule has 0 aromatic carbocycles. The van der Waals surface area contributed by atoms with Gasteiger partial charge in [-0.1, -0.05) is 38.2 Å². The molecule has 0 radical (unpaired) electrons. The first-order chi connectivity index (χ1) is 10.2. The Morgan fingerprint density at radius 2 is 1.38 bits per heavy atom. The summed E-state index contributed by atoms with van der Waals surface area (Å²) in [5.74, 6) is -1.67. The number of esters is 2. The van der Waals surface area contributed by atoms with Crippen LogP contribution in [0, 0.1) is 5.92 Å². The first-order valence-corrected chi connectivity index (χ1v) is 8.11. The third kappa shape index (κ3) is 10.1. The van der Waals surface area contributed by atoms with E-state index in [9.17, 15) is 9.59 Å². The second kappa shape index (κ2) is 13.7. The number of unbranched alkanes of at least 4 members (excludes halogenated alkanes) is 6. The molecular formula is C17H30O4. The van der Waals surface area contributed by atoms with Crippen LogP contribution < -0.4 is 0 Å². The van der Waals surface area contributed by atoms with Crippen LogP contribution in [0.2, 0.25) is 0 Å².